The van der Waals surface area contributed by atoms with Crippen molar-refractivity contribution in [3.63, 3.8) is 0 Å². The van der Waals surface area contributed by atoms with E-state index in [4.69, 9.17) is 0 Å². The molecule has 1 aromatic carbocycles. The predicted molar refractivity (Wildman–Crippen MR) is 90.6 cm³/mol. The summed E-state index contributed by atoms with van der Waals surface area (Å²) in [5.74, 6) is -0.605. The zero-order chi connectivity index (χ0) is 17.0. The van der Waals surface area contributed by atoms with Crippen molar-refractivity contribution in [1.82, 2.24) is 15.0 Å². The smallest absolute Gasteiger partial charge is 0.360 e. The highest BCUT2D eigenvalue weighted by molar-refractivity contribution is 5.91. The van der Waals surface area contributed by atoms with Crippen molar-refractivity contribution in [2.24, 2.45) is 0 Å². The number of rotatable bonds is 7. The summed E-state index contributed by atoms with van der Waals surface area (Å²) in [5, 5.41) is 18.1. The van der Waals surface area contributed by atoms with Gasteiger partial charge in [-0.1, -0.05) is 19.9 Å². The molecule has 0 unspecified atom stereocenters. The molecule has 6 heteroatoms. The first-order valence-corrected chi connectivity index (χ1v) is 8.01. The van der Waals surface area contributed by atoms with E-state index in [1.807, 2.05) is 36.9 Å². The molecule has 124 valence electrons. The number of benzene rings is 1. The van der Waals surface area contributed by atoms with E-state index in [-0.39, 0.29) is 5.69 Å². The van der Waals surface area contributed by atoms with Gasteiger partial charge < -0.3 is 10.0 Å². The van der Waals surface area contributed by atoms with Crippen molar-refractivity contribution in [2.75, 3.05) is 18.0 Å². The number of carboxylic acids is 1. The topological polar surface area (TPSA) is 71.2 Å². The maximum absolute atomic E-state index is 11.6. The van der Waals surface area contributed by atoms with Crippen molar-refractivity contribution < 1.29 is 9.90 Å². The van der Waals surface area contributed by atoms with Crippen LogP contribution in [0.2, 0.25) is 0 Å². The van der Waals surface area contributed by atoms with Gasteiger partial charge in [0.15, 0.2) is 5.82 Å². The molecular formula is C17H24N4O2. The van der Waals surface area contributed by atoms with Crippen LogP contribution in [0.4, 0.5) is 5.82 Å². The summed E-state index contributed by atoms with van der Waals surface area (Å²) >= 11 is 0. The molecule has 0 aliphatic rings. The third kappa shape index (κ3) is 3.70. The van der Waals surface area contributed by atoms with Crippen LogP contribution in [0.5, 0.6) is 0 Å². The van der Waals surface area contributed by atoms with Crippen LogP contribution in [-0.4, -0.2) is 39.2 Å². The van der Waals surface area contributed by atoms with Crippen LogP contribution in [0.1, 0.15) is 48.3 Å². The van der Waals surface area contributed by atoms with E-state index < -0.39 is 5.97 Å². The van der Waals surface area contributed by atoms with E-state index in [9.17, 15) is 9.90 Å². The Hall–Kier alpha value is -2.37. The average molecular weight is 316 g/mol. The predicted octanol–water partition coefficient (Wildman–Crippen LogP) is 3.21. The van der Waals surface area contributed by atoms with Gasteiger partial charge >= 0.3 is 5.97 Å². The molecule has 6 nitrogen and oxygen atoms in total. The molecule has 0 atom stereocenters. The number of hydrogen-bond acceptors (Lipinski definition) is 4. The SMILES string of the molecule is CCCN(CCC)c1nn(-c2ccc(C)c(C)c2)nc1C(=O)O. The second-order valence-corrected chi connectivity index (χ2v) is 5.72. The van der Waals surface area contributed by atoms with Gasteiger partial charge in [-0.05, 0) is 49.9 Å². The highest BCUT2D eigenvalue weighted by Gasteiger charge is 2.23. The number of carbonyl (C=O) groups is 1. The molecular weight excluding hydrogens is 292 g/mol. The highest BCUT2D eigenvalue weighted by atomic mass is 16.4. The Morgan fingerprint density at radius 2 is 1.78 bits per heavy atom. The van der Waals surface area contributed by atoms with E-state index in [1.165, 1.54) is 10.4 Å². The molecule has 0 spiro atoms. The standard InChI is InChI=1S/C17H24N4O2/c1-5-9-20(10-6-2)16-15(17(22)23)18-21(19-16)14-8-7-12(3)13(4)11-14/h7-8,11H,5-6,9-10H2,1-4H3,(H,22,23). The summed E-state index contributed by atoms with van der Waals surface area (Å²) in [6.07, 6.45) is 1.85. The Morgan fingerprint density at radius 3 is 2.30 bits per heavy atom. The fourth-order valence-electron chi connectivity index (χ4n) is 2.48. The minimum atomic E-state index is -1.05. The van der Waals surface area contributed by atoms with Gasteiger partial charge in [-0.25, -0.2) is 4.79 Å². The molecule has 0 saturated carbocycles. The molecule has 0 bridgehead atoms. The first-order chi connectivity index (χ1) is 11.0. The van der Waals surface area contributed by atoms with Gasteiger partial charge in [0.1, 0.15) is 0 Å². The van der Waals surface area contributed by atoms with Crippen LogP contribution in [0.3, 0.4) is 0 Å². The number of aromatic nitrogens is 3. The highest BCUT2D eigenvalue weighted by Crippen LogP contribution is 2.20. The molecule has 2 rings (SSSR count). The van der Waals surface area contributed by atoms with Crippen LogP contribution in [0, 0.1) is 13.8 Å². The number of carboxylic acid groups (broad SMARTS) is 1. The zero-order valence-corrected chi connectivity index (χ0v) is 14.2. The lowest BCUT2D eigenvalue weighted by molar-refractivity contribution is 0.0690. The van der Waals surface area contributed by atoms with Crippen LogP contribution in [0.15, 0.2) is 18.2 Å². The number of aromatic carboxylic acids is 1. The Labute approximate surface area is 136 Å². The summed E-state index contributed by atoms with van der Waals surface area (Å²) in [7, 11) is 0. The van der Waals surface area contributed by atoms with Gasteiger partial charge in [-0.15, -0.1) is 15.0 Å². The molecule has 0 aliphatic carbocycles. The number of aryl methyl sites for hydroxylation is 2. The summed E-state index contributed by atoms with van der Waals surface area (Å²) in [6.45, 7) is 9.71. The van der Waals surface area contributed by atoms with Crippen LogP contribution >= 0.6 is 0 Å². The molecule has 1 aromatic heterocycles. The van der Waals surface area contributed by atoms with Crippen molar-refractivity contribution in [3.05, 3.63) is 35.0 Å². The molecule has 1 N–H and O–H groups in total. The van der Waals surface area contributed by atoms with E-state index in [0.717, 1.165) is 37.2 Å². The Kier molecular flexibility index (Phi) is 5.36. The van der Waals surface area contributed by atoms with Gasteiger partial charge in [0, 0.05) is 13.1 Å². The fourth-order valence-corrected chi connectivity index (χ4v) is 2.48. The van der Waals surface area contributed by atoms with Crippen LogP contribution < -0.4 is 4.90 Å². The van der Waals surface area contributed by atoms with Crippen molar-refractivity contribution in [2.45, 2.75) is 40.5 Å². The second-order valence-electron chi connectivity index (χ2n) is 5.72. The summed E-state index contributed by atoms with van der Waals surface area (Å²) in [5.41, 5.74) is 3.08. The largest absolute Gasteiger partial charge is 0.476 e. The van der Waals surface area contributed by atoms with E-state index in [0.29, 0.717) is 5.82 Å². The first kappa shape index (κ1) is 17.0. The lowest BCUT2D eigenvalue weighted by Gasteiger charge is -2.20. The maximum atomic E-state index is 11.6. The van der Waals surface area contributed by atoms with Crippen molar-refractivity contribution >= 4 is 11.8 Å². The summed E-state index contributed by atoms with van der Waals surface area (Å²) < 4.78 is 0. The molecule has 0 amide bonds. The molecule has 23 heavy (non-hydrogen) atoms. The molecule has 0 aliphatic heterocycles. The molecule has 0 radical (unpaired) electrons. The molecule has 0 fully saturated rings. The van der Waals surface area contributed by atoms with Gasteiger partial charge in [-0.2, -0.15) is 0 Å². The minimum Gasteiger partial charge on any atom is -0.476 e. The van der Waals surface area contributed by atoms with Gasteiger partial charge in [0.05, 0.1) is 5.69 Å². The normalized spacial score (nSPS) is 10.8. The monoisotopic (exact) mass is 316 g/mol. The first-order valence-electron chi connectivity index (χ1n) is 8.01. The number of anilines is 1. The third-order valence-corrected chi connectivity index (χ3v) is 3.81. The van der Waals surface area contributed by atoms with Crippen LogP contribution in [-0.2, 0) is 0 Å². The lowest BCUT2D eigenvalue weighted by atomic mass is 10.1. The fraction of sp³-hybridized carbons (Fsp3) is 0.471. The molecule has 1 heterocycles. The lowest BCUT2D eigenvalue weighted by Crippen LogP contribution is -2.27. The number of hydrogen-bond donors (Lipinski definition) is 1. The van der Waals surface area contributed by atoms with E-state index in [1.54, 1.807) is 0 Å². The Bertz CT molecular complexity index is 688. The second kappa shape index (κ2) is 7.26. The van der Waals surface area contributed by atoms with Crippen molar-refractivity contribution in [1.29, 1.82) is 0 Å². The van der Waals surface area contributed by atoms with E-state index in [2.05, 4.69) is 24.0 Å². The summed E-state index contributed by atoms with van der Waals surface area (Å²) in [6, 6.07) is 5.86. The Balaban J connectivity index is 2.48. The minimum absolute atomic E-state index is 0.00475. The van der Waals surface area contributed by atoms with Crippen molar-refractivity contribution in [3.8, 4) is 5.69 Å². The van der Waals surface area contributed by atoms with E-state index >= 15 is 0 Å². The Morgan fingerprint density at radius 1 is 1.13 bits per heavy atom. The number of nitrogens with zero attached hydrogens (tertiary/aromatic N) is 4. The third-order valence-electron chi connectivity index (χ3n) is 3.81. The van der Waals surface area contributed by atoms with Gasteiger partial charge in [-0.3, -0.25) is 0 Å². The van der Waals surface area contributed by atoms with Gasteiger partial charge in [0.25, 0.3) is 0 Å². The average Bonchev–Trinajstić information content (AvgIpc) is 2.95. The zero-order valence-electron chi connectivity index (χ0n) is 14.2. The maximum Gasteiger partial charge on any atom is 0.360 e. The molecule has 0 saturated heterocycles. The van der Waals surface area contributed by atoms with Crippen LogP contribution in [0.25, 0.3) is 5.69 Å². The summed E-state index contributed by atoms with van der Waals surface area (Å²) in [4.78, 5) is 15.0. The van der Waals surface area contributed by atoms with Gasteiger partial charge in [0.2, 0.25) is 5.69 Å². The quantitative estimate of drug-likeness (QED) is 0.849. The molecule has 2 aromatic rings.